The Bertz CT molecular complexity index is 434. The first kappa shape index (κ1) is 16.1. The van der Waals surface area contributed by atoms with Crippen LogP contribution in [0.2, 0.25) is 0 Å². The van der Waals surface area contributed by atoms with Crippen LogP contribution in [0.15, 0.2) is 24.3 Å². The number of likely N-dealkylation sites (tertiary alicyclic amines) is 1. The molecular weight excluding hydrogens is 281 g/mol. The minimum absolute atomic E-state index is 0.297. The first-order valence-electron chi connectivity index (χ1n) is 7.09. The van der Waals surface area contributed by atoms with Gasteiger partial charge < -0.3 is 10.1 Å². The molecule has 1 fully saturated rings. The summed E-state index contributed by atoms with van der Waals surface area (Å²) in [4.78, 5) is 2.28. The lowest BCUT2D eigenvalue weighted by molar-refractivity contribution is -0.125. The molecule has 0 amide bonds. The van der Waals surface area contributed by atoms with Gasteiger partial charge in [0.1, 0.15) is 5.75 Å². The predicted molar refractivity (Wildman–Crippen MR) is 75.3 cm³/mol. The van der Waals surface area contributed by atoms with Crippen LogP contribution < -0.4 is 10.1 Å². The summed E-state index contributed by atoms with van der Waals surface area (Å²) in [5.74, 6) is 1.12. The van der Waals surface area contributed by atoms with Crippen LogP contribution in [0.25, 0.3) is 0 Å². The third-order valence-corrected chi connectivity index (χ3v) is 3.69. The first-order chi connectivity index (χ1) is 9.96. The fourth-order valence-electron chi connectivity index (χ4n) is 2.63. The number of nitrogens with one attached hydrogen (secondary N) is 1. The minimum atomic E-state index is -4.12. The molecule has 6 heteroatoms. The van der Waals surface area contributed by atoms with Gasteiger partial charge in [0.25, 0.3) is 0 Å². The van der Waals surface area contributed by atoms with E-state index in [1.807, 2.05) is 24.3 Å². The van der Waals surface area contributed by atoms with E-state index in [2.05, 4.69) is 10.2 Å². The van der Waals surface area contributed by atoms with Crippen molar-refractivity contribution in [3.05, 3.63) is 29.8 Å². The van der Waals surface area contributed by atoms with Crippen LogP contribution in [0.3, 0.4) is 0 Å². The van der Waals surface area contributed by atoms with Crippen molar-refractivity contribution in [2.75, 3.05) is 33.3 Å². The molecule has 1 aliphatic heterocycles. The molecule has 118 valence electrons. The Kier molecular flexibility index (Phi) is 5.47. The standard InChI is InChI=1S/C15H21F3N2O/c1-21-14-4-2-12(3-5-14)9-20-7-6-13(10-20)8-19-11-15(16,17)18/h2-5,13,19H,6-11H2,1H3. The molecule has 3 nitrogen and oxygen atoms in total. The van der Waals surface area contributed by atoms with E-state index in [1.165, 1.54) is 5.56 Å². The summed E-state index contributed by atoms with van der Waals surface area (Å²) in [6.07, 6.45) is -3.18. The summed E-state index contributed by atoms with van der Waals surface area (Å²) in [5, 5.41) is 2.50. The molecule has 0 spiro atoms. The largest absolute Gasteiger partial charge is 0.497 e. The SMILES string of the molecule is COc1ccc(CN2CCC(CNCC(F)(F)F)C2)cc1. The van der Waals surface area contributed by atoms with Crippen LogP contribution in [0, 0.1) is 5.92 Å². The lowest BCUT2D eigenvalue weighted by atomic mass is 10.1. The molecule has 0 aliphatic carbocycles. The van der Waals surface area contributed by atoms with Crippen LogP contribution in [0.5, 0.6) is 5.75 Å². The maximum absolute atomic E-state index is 12.1. The Morgan fingerprint density at radius 1 is 1.29 bits per heavy atom. The van der Waals surface area contributed by atoms with E-state index in [1.54, 1.807) is 7.11 Å². The number of halogens is 3. The van der Waals surface area contributed by atoms with Crippen LogP contribution in [0.1, 0.15) is 12.0 Å². The molecule has 0 bridgehead atoms. The zero-order valence-electron chi connectivity index (χ0n) is 12.1. The molecule has 1 aromatic rings. The van der Waals surface area contributed by atoms with Crippen molar-refractivity contribution in [3.8, 4) is 5.75 Å². The Morgan fingerprint density at radius 2 is 2.00 bits per heavy atom. The molecule has 21 heavy (non-hydrogen) atoms. The Morgan fingerprint density at radius 3 is 2.62 bits per heavy atom. The second-order valence-electron chi connectivity index (χ2n) is 5.48. The summed E-state index contributed by atoms with van der Waals surface area (Å²) in [5.41, 5.74) is 1.19. The maximum atomic E-state index is 12.1. The molecule has 1 heterocycles. The molecular formula is C15H21F3N2O. The van der Waals surface area contributed by atoms with Gasteiger partial charge in [-0.15, -0.1) is 0 Å². The quantitative estimate of drug-likeness (QED) is 0.874. The van der Waals surface area contributed by atoms with Crippen LogP contribution in [0.4, 0.5) is 13.2 Å². The Labute approximate surface area is 123 Å². The van der Waals surface area contributed by atoms with Crippen LogP contribution in [-0.4, -0.2) is 44.4 Å². The van der Waals surface area contributed by atoms with Crippen molar-refractivity contribution >= 4 is 0 Å². The number of benzene rings is 1. The molecule has 0 radical (unpaired) electrons. The normalized spacial score (nSPS) is 19.9. The molecule has 1 aromatic carbocycles. The number of rotatable bonds is 6. The van der Waals surface area contributed by atoms with Gasteiger partial charge in [0.15, 0.2) is 0 Å². The number of alkyl halides is 3. The Balaban J connectivity index is 1.72. The van der Waals surface area contributed by atoms with E-state index in [0.29, 0.717) is 12.5 Å². The average molecular weight is 302 g/mol. The van der Waals surface area contributed by atoms with E-state index in [9.17, 15) is 13.2 Å². The van der Waals surface area contributed by atoms with Crippen molar-refractivity contribution < 1.29 is 17.9 Å². The monoisotopic (exact) mass is 302 g/mol. The smallest absolute Gasteiger partial charge is 0.401 e. The number of hydrogen-bond acceptors (Lipinski definition) is 3. The molecule has 1 aliphatic rings. The van der Waals surface area contributed by atoms with Gasteiger partial charge >= 0.3 is 6.18 Å². The summed E-state index contributed by atoms with van der Waals surface area (Å²) in [6.45, 7) is 2.14. The fourth-order valence-corrected chi connectivity index (χ4v) is 2.63. The molecule has 0 aromatic heterocycles. The molecule has 1 atom stereocenters. The average Bonchev–Trinajstić information content (AvgIpc) is 2.86. The van der Waals surface area contributed by atoms with E-state index in [4.69, 9.17) is 4.74 Å². The second kappa shape index (κ2) is 7.13. The molecule has 1 saturated heterocycles. The van der Waals surface area contributed by atoms with Crippen molar-refractivity contribution in [1.29, 1.82) is 0 Å². The first-order valence-corrected chi connectivity index (χ1v) is 7.09. The van der Waals surface area contributed by atoms with Gasteiger partial charge in [-0.1, -0.05) is 12.1 Å². The number of hydrogen-bond donors (Lipinski definition) is 1. The van der Waals surface area contributed by atoms with Gasteiger partial charge in [-0.05, 0) is 43.1 Å². The predicted octanol–water partition coefficient (Wildman–Crippen LogP) is 2.67. The van der Waals surface area contributed by atoms with Gasteiger partial charge in [-0.3, -0.25) is 4.90 Å². The fraction of sp³-hybridized carbons (Fsp3) is 0.600. The molecule has 1 N–H and O–H groups in total. The molecule has 1 unspecified atom stereocenters. The number of ether oxygens (including phenoxy) is 1. The zero-order valence-corrected chi connectivity index (χ0v) is 12.1. The van der Waals surface area contributed by atoms with Crippen LogP contribution >= 0.6 is 0 Å². The maximum Gasteiger partial charge on any atom is 0.401 e. The van der Waals surface area contributed by atoms with E-state index in [0.717, 1.165) is 31.8 Å². The third kappa shape index (κ3) is 5.55. The van der Waals surface area contributed by atoms with Crippen LogP contribution in [-0.2, 0) is 6.54 Å². The van der Waals surface area contributed by atoms with Gasteiger partial charge in [0.2, 0.25) is 0 Å². The zero-order chi connectivity index (χ0) is 15.3. The van der Waals surface area contributed by atoms with Gasteiger partial charge in [0, 0.05) is 13.1 Å². The lowest BCUT2D eigenvalue weighted by Crippen LogP contribution is -2.33. The van der Waals surface area contributed by atoms with Gasteiger partial charge in [0.05, 0.1) is 13.7 Å². The summed E-state index contributed by atoms with van der Waals surface area (Å²) in [6, 6.07) is 7.89. The highest BCUT2D eigenvalue weighted by atomic mass is 19.4. The van der Waals surface area contributed by atoms with E-state index < -0.39 is 12.7 Å². The third-order valence-electron chi connectivity index (χ3n) is 3.69. The summed E-state index contributed by atoms with van der Waals surface area (Å²) < 4.78 is 41.3. The number of methoxy groups -OCH3 is 1. The van der Waals surface area contributed by atoms with Gasteiger partial charge in [-0.2, -0.15) is 13.2 Å². The van der Waals surface area contributed by atoms with E-state index in [-0.39, 0.29) is 0 Å². The highest BCUT2D eigenvalue weighted by Gasteiger charge is 2.28. The van der Waals surface area contributed by atoms with Crippen molar-refractivity contribution in [2.24, 2.45) is 5.92 Å². The van der Waals surface area contributed by atoms with Crippen molar-refractivity contribution in [3.63, 3.8) is 0 Å². The number of nitrogens with zero attached hydrogens (tertiary/aromatic N) is 1. The van der Waals surface area contributed by atoms with Crippen molar-refractivity contribution in [1.82, 2.24) is 10.2 Å². The highest BCUT2D eigenvalue weighted by Crippen LogP contribution is 2.20. The lowest BCUT2D eigenvalue weighted by Gasteiger charge is -2.17. The summed E-state index contributed by atoms with van der Waals surface area (Å²) >= 11 is 0. The topological polar surface area (TPSA) is 24.5 Å². The highest BCUT2D eigenvalue weighted by molar-refractivity contribution is 5.27. The van der Waals surface area contributed by atoms with Gasteiger partial charge in [-0.25, -0.2) is 0 Å². The molecule has 2 rings (SSSR count). The Hall–Kier alpha value is -1.27. The van der Waals surface area contributed by atoms with E-state index >= 15 is 0 Å². The summed E-state index contributed by atoms with van der Waals surface area (Å²) in [7, 11) is 1.63. The van der Waals surface area contributed by atoms with Crippen molar-refractivity contribution in [2.45, 2.75) is 19.1 Å². The second-order valence-corrected chi connectivity index (χ2v) is 5.48. The molecule has 0 saturated carbocycles. The minimum Gasteiger partial charge on any atom is -0.497 e.